The van der Waals surface area contributed by atoms with E-state index in [9.17, 15) is 9.50 Å². The molecule has 0 radical (unpaired) electrons. The van der Waals surface area contributed by atoms with Gasteiger partial charge in [-0.05, 0) is 32.0 Å². The molecule has 2 rings (SSSR count). The van der Waals surface area contributed by atoms with Gasteiger partial charge in [-0.2, -0.15) is 0 Å². The van der Waals surface area contributed by atoms with Gasteiger partial charge in [0.2, 0.25) is 0 Å². The van der Waals surface area contributed by atoms with Gasteiger partial charge in [0.25, 0.3) is 0 Å². The van der Waals surface area contributed by atoms with Gasteiger partial charge in [0.1, 0.15) is 17.7 Å². The topological polar surface area (TPSA) is 42.4 Å². The Labute approximate surface area is 122 Å². The first-order chi connectivity index (χ1) is 9.49. The number of aliphatic hydroxyl groups excluding tert-OH is 1. The van der Waals surface area contributed by atoms with Crippen molar-refractivity contribution < 1.29 is 14.2 Å². The molecule has 0 spiro atoms. The van der Waals surface area contributed by atoms with E-state index < -0.39 is 11.9 Å². The molecule has 0 amide bonds. The quantitative estimate of drug-likeness (QED) is 0.934. The van der Waals surface area contributed by atoms with Crippen molar-refractivity contribution in [2.24, 2.45) is 0 Å². The minimum atomic E-state index is -1.19. The lowest BCUT2D eigenvalue weighted by Gasteiger charge is -2.15. The lowest BCUT2D eigenvalue weighted by molar-refractivity contribution is 0.211. The molecule has 0 saturated carbocycles. The number of pyridine rings is 1. The van der Waals surface area contributed by atoms with Crippen molar-refractivity contribution in [2.45, 2.75) is 26.1 Å². The number of hydrogen-bond acceptors (Lipinski definition) is 3. The van der Waals surface area contributed by atoms with E-state index in [-0.39, 0.29) is 16.7 Å². The van der Waals surface area contributed by atoms with Crippen LogP contribution in [0.1, 0.15) is 31.1 Å². The van der Waals surface area contributed by atoms with Gasteiger partial charge in [-0.15, -0.1) is 0 Å². The van der Waals surface area contributed by atoms with E-state index in [0.717, 1.165) is 0 Å². The molecule has 5 heteroatoms. The smallest absolute Gasteiger partial charge is 0.138 e. The maximum absolute atomic E-state index is 13.8. The Morgan fingerprint density at radius 2 is 2.05 bits per heavy atom. The number of halogens is 2. The van der Waals surface area contributed by atoms with Crippen LogP contribution in [0.2, 0.25) is 5.02 Å². The lowest BCUT2D eigenvalue weighted by atomic mass is 10.0. The molecular formula is C15H15ClFNO2. The summed E-state index contributed by atoms with van der Waals surface area (Å²) in [5, 5.41) is 10.5. The summed E-state index contributed by atoms with van der Waals surface area (Å²) in [7, 11) is 0. The maximum atomic E-state index is 13.8. The molecular weight excluding hydrogens is 281 g/mol. The van der Waals surface area contributed by atoms with Gasteiger partial charge < -0.3 is 9.84 Å². The van der Waals surface area contributed by atoms with Crippen LogP contribution in [0.25, 0.3) is 0 Å². The van der Waals surface area contributed by atoms with Crippen molar-refractivity contribution in [3.63, 3.8) is 0 Å². The van der Waals surface area contributed by atoms with Crippen LogP contribution in [-0.4, -0.2) is 16.2 Å². The van der Waals surface area contributed by atoms with Crippen molar-refractivity contribution in [1.29, 1.82) is 0 Å². The summed E-state index contributed by atoms with van der Waals surface area (Å²) < 4.78 is 19.3. The summed E-state index contributed by atoms with van der Waals surface area (Å²) >= 11 is 5.95. The standard InChI is InChI=1S/C15H15ClFNO2/c1-9(2)20-11-6-10(7-18-8-11)15(19)14-12(16)4-3-5-13(14)17/h3-9,15,19H,1-2H3. The van der Waals surface area contributed by atoms with E-state index in [0.29, 0.717) is 11.3 Å². The molecule has 0 bridgehead atoms. The second kappa shape index (κ2) is 6.20. The molecule has 0 aliphatic carbocycles. The highest BCUT2D eigenvalue weighted by Gasteiger charge is 2.19. The first-order valence-electron chi connectivity index (χ1n) is 6.22. The zero-order valence-electron chi connectivity index (χ0n) is 11.2. The monoisotopic (exact) mass is 295 g/mol. The minimum absolute atomic E-state index is 0.0127. The third-order valence-electron chi connectivity index (χ3n) is 2.69. The molecule has 0 aliphatic rings. The fraction of sp³-hybridized carbons (Fsp3) is 0.267. The van der Waals surface area contributed by atoms with Crippen LogP contribution >= 0.6 is 11.6 Å². The number of ether oxygens (including phenoxy) is 1. The molecule has 20 heavy (non-hydrogen) atoms. The van der Waals surface area contributed by atoms with Crippen LogP contribution in [0.4, 0.5) is 4.39 Å². The van der Waals surface area contributed by atoms with Crippen LogP contribution in [0.15, 0.2) is 36.7 Å². The second-order valence-corrected chi connectivity index (χ2v) is 5.07. The summed E-state index contributed by atoms with van der Waals surface area (Å²) in [4.78, 5) is 3.99. The molecule has 1 heterocycles. The summed E-state index contributed by atoms with van der Waals surface area (Å²) in [6, 6.07) is 5.91. The number of nitrogens with zero attached hydrogens (tertiary/aromatic N) is 1. The van der Waals surface area contributed by atoms with E-state index in [4.69, 9.17) is 16.3 Å². The Balaban J connectivity index is 2.36. The van der Waals surface area contributed by atoms with Gasteiger partial charge in [-0.25, -0.2) is 4.39 Å². The molecule has 3 nitrogen and oxygen atoms in total. The summed E-state index contributed by atoms with van der Waals surface area (Å²) in [5.41, 5.74) is 0.466. The van der Waals surface area contributed by atoms with E-state index in [1.807, 2.05) is 13.8 Å². The fourth-order valence-electron chi connectivity index (χ4n) is 1.86. The molecule has 1 aromatic heterocycles. The van der Waals surface area contributed by atoms with Crippen LogP contribution in [0, 0.1) is 5.82 Å². The Bertz CT molecular complexity index is 584. The Morgan fingerprint density at radius 1 is 1.30 bits per heavy atom. The predicted octanol–water partition coefficient (Wildman–Crippen LogP) is 3.74. The highest BCUT2D eigenvalue weighted by Crippen LogP contribution is 2.31. The van der Waals surface area contributed by atoms with Gasteiger partial charge in [-0.1, -0.05) is 17.7 Å². The zero-order valence-corrected chi connectivity index (χ0v) is 11.9. The van der Waals surface area contributed by atoms with Crippen LogP contribution in [-0.2, 0) is 0 Å². The minimum Gasteiger partial charge on any atom is -0.489 e. The molecule has 106 valence electrons. The van der Waals surface area contributed by atoms with Crippen LogP contribution in [0.3, 0.4) is 0 Å². The Kier molecular flexibility index (Phi) is 4.57. The molecule has 1 atom stereocenters. The van der Waals surface area contributed by atoms with E-state index in [2.05, 4.69) is 4.98 Å². The van der Waals surface area contributed by atoms with Crippen molar-refractivity contribution in [3.05, 3.63) is 58.6 Å². The number of aromatic nitrogens is 1. The average Bonchev–Trinajstić information content (AvgIpc) is 2.38. The Hall–Kier alpha value is -1.65. The van der Waals surface area contributed by atoms with Crippen LogP contribution < -0.4 is 4.74 Å². The highest BCUT2D eigenvalue weighted by molar-refractivity contribution is 6.31. The summed E-state index contributed by atoms with van der Waals surface area (Å²) in [6.07, 6.45) is 1.80. The van der Waals surface area contributed by atoms with Gasteiger partial charge in [0, 0.05) is 22.3 Å². The molecule has 1 unspecified atom stereocenters. The fourth-order valence-corrected chi connectivity index (χ4v) is 2.13. The number of benzene rings is 1. The molecule has 0 saturated heterocycles. The third-order valence-corrected chi connectivity index (χ3v) is 3.02. The van der Waals surface area contributed by atoms with E-state index in [1.54, 1.807) is 12.3 Å². The zero-order chi connectivity index (χ0) is 14.7. The number of aliphatic hydroxyl groups is 1. The highest BCUT2D eigenvalue weighted by atomic mass is 35.5. The molecule has 1 N–H and O–H groups in total. The molecule has 1 aromatic carbocycles. The van der Waals surface area contributed by atoms with Crippen LogP contribution in [0.5, 0.6) is 5.75 Å². The molecule has 0 fully saturated rings. The number of hydrogen-bond donors (Lipinski definition) is 1. The van der Waals surface area contributed by atoms with Crippen molar-refractivity contribution in [2.75, 3.05) is 0 Å². The summed E-state index contributed by atoms with van der Waals surface area (Å²) in [6.45, 7) is 3.77. The predicted molar refractivity (Wildman–Crippen MR) is 75.5 cm³/mol. The Morgan fingerprint density at radius 3 is 2.70 bits per heavy atom. The maximum Gasteiger partial charge on any atom is 0.138 e. The van der Waals surface area contributed by atoms with E-state index >= 15 is 0 Å². The average molecular weight is 296 g/mol. The first kappa shape index (κ1) is 14.8. The van der Waals surface area contributed by atoms with Crippen molar-refractivity contribution in [3.8, 4) is 5.75 Å². The van der Waals surface area contributed by atoms with Gasteiger partial charge in [0.15, 0.2) is 0 Å². The van der Waals surface area contributed by atoms with Crippen molar-refractivity contribution >= 4 is 11.6 Å². The van der Waals surface area contributed by atoms with Gasteiger partial charge in [-0.3, -0.25) is 4.98 Å². The van der Waals surface area contributed by atoms with E-state index in [1.165, 1.54) is 24.4 Å². The SMILES string of the molecule is CC(C)Oc1cncc(C(O)c2c(F)cccc2Cl)c1. The lowest BCUT2D eigenvalue weighted by Crippen LogP contribution is -2.08. The molecule has 2 aromatic rings. The second-order valence-electron chi connectivity index (χ2n) is 4.66. The third kappa shape index (κ3) is 3.26. The summed E-state index contributed by atoms with van der Waals surface area (Å²) in [5.74, 6) is -0.0378. The molecule has 0 aliphatic heterocycles. The first-order valence-corrected chi connectivity index (χ1v) is 6.60. The van der Waals surface area contributed by atoms with Gasteiger partial charge >= 0.3 is 0 Å². The number of rotatable bonds is 4. The largest absolute Gasteiger partial charge is 0.489 e. The normalized spacial score (nSPS) is 12.5. The van der Waals surface area contributed by atoms with Gasteiger partial charge in [0.05, 0.1) is 12.3 Å². The van der Waals surface area contributed by atoms with Crippen molar-refractivity contribution in [1.82, 2.24) is 4.98 Å².